The van der Waals surface area contributed by atoms with Gasteiger partial charge in [-0.05, 0) is 30.2 Å². The minimum atomic E-state index is -1.16. The van der Waals surface area contributed by atoms with Gasteiger partial charge in [0.05, 0.1) is 10.7 Å². The van der Waals surface area contributed by atoms with Crippen molar-refractivity contribution in [2.45, 2.75) is 25.3 Å². The lowest BCUT2D eigenvalue weighted by Gasteiger charge is -2.26. The first kappa shape index (κ1) is 20.2. The van der Waals surface area contributed by atoms with Gasteiger partial charge in [-0.15, -0.1) is 0 Å². The number of nitrogens with one attached hydrogen (secondary N) is 2. The normalized spacial score (nSPS) is 18.9. The molecule has 0 saturated carbocycles. The molecule has 2 N–H and O–H groups in total. The molecule has 0 radical (unpaired) electrons. The van der Waals surface area contributed by atoms with Crippen LogP contribution in [0.15, 0.2) is 48.5 Å². The van der Waals surface area contributed by atoms with E-state index in [1.165, 1.54) is 6.07 Å². The molecular formula is C20H19Cl2N3O3. The van der Waals surface area contributed by atoms with E-state index in [9.17, 15) is 14.4 Å². The molecule has 4 amide bonds. The van der Waals surface area contributed by atoms with Crippen molar-refractivity contribution in [2.24, 2.45) is 0 Å². The maximum Gasteiger partial charge on any atom is 0.325 e. The number of carbonyl (C=O) groups excluding carboxylic acids is 3. The van der Waals surface area contributed by atoms with Gasteiger partial charge in [-0.1, -0.05) is 66.9 Å². The van der Waals surface area contributed by atoms with Crippen LogP contribution in [0.4, 0.5) is 10.5 Å². The fourth-order valence-electron chi connectivity index (χ4n) is 3.30. The summed E-state index contributed by atoms with van der Waals surface area (Å²) in [6, 6.07) is 13.1. The standard InChI is InChI=1S/C20H19Cl2N3O3/c1-2-10-20(13-6-4-3-5-7-13)18(27)25(19(28)24-20)12-17(26)23-16-9-8-14(21)11-15(16)22/h3-9,11H,2,10,12H2,1H3,(H,23,26)(H,24,28). The summed E-state index contributed by atoms with van der Waals surface area (Å²) >= 11 is 11.9. The second-order valence-electron chi connectivity index (χ2n) is 6.52. The SMILES string of the molecule is CCCC1(c2ccccc2)NC(=O)N(CC(=O)Nc2ccc(Cl)cc2Cl)C1=O. The number of amides is 4. The highest BCUT2D eigenvalue weighted by Crippen LogP contribution is 2.33. The number of nitrogens with zero attached hydrogens (tertiary/aromatic N) is 1. The Morgan fingerprint density at radius 3 is 2.50 bits per heavy atom. The van der Waals surface area contributed by atoms with E-state index < -0.39 is 29.9 Å². The summed E-state index contributed by atoms with van der Waals surface area (Å²) in [4.78, 5) is 39.0. The summed E-state index contributed by atoms with van der Waals surface area (Å²) < 4.78 is 0. The molecule has 146 valence electrons. The van der Waals surface area contributed by atoms with Crippen LogP contribution in [0.3, 0.4) is 0 Å². The zero-order valence-electron chi connectivity index (χ0n) is 15.2. The summed E-state index contributed by atoms with van der Waals surface area (Å²) in [5.41, 5.74) is -0.115. The van der Waals surface area contributed by atoms with Crippen molar-refractivity contribution in [3.05, 3.63) is 64.1 Å². The summed E-state index contributed by atoms with van der Waals surface area (Å²) in [7, 11) is 0. The molecule has 0 spiro atoms. The second-order valence-corrected chi connectivity index (χ2v) is 7.36. The lowest BCUT2D eigenvalue weighted by molar-refractivity contribution is -0.134. The third kappa shape index (κ3) is 3.84. The van der Waals surface area contributed by atoms with Crippen molar-refractivity contribution in [1.82, 2.24) is 10.2 Å². The minimum absolute atomic E-state index is 0.266. The Labute approximate surface area is 172 Å². The van der Waals surface area contributed by atoms with E-state index >= 15 is 0 Å². The van der Waals surface area contributed by atoms with Gasteiger partial charge in [0.1, 0.15) is 12.1 Å². The first-order valence-electron chi connectivity index (χ1n) is 8.82. The molecule has 1 saturated heterocycles. The Morgan fingerprint density at radius 2 is 1.86 bits per heavy atom. The second kappa shape index (κ2) is 8.20. The van der Waals surface area contributed by atoms with Crippen LogP contribution < -0.4 is 10.6 Å². The molecule has 1 aliphatic rings. The third-order valence-electron chi connectivity index (χ3n) is 4.57. The lowest BCUT2D eigenvalue weighted by atomic mass is 9.85. The van der Waals surface area contributed by atoms with Gasteiger partial charge >= 0.3 is 6.03 Å². The molecule has 0 aromatic heterocycles. The minimum Gasteiger partial charge on any atom is -0.323 e. The molecular weight excluding hydrogens is 401 g/mol. The quantitative estimate of drug-likeness (QED) is 0.689. The highest BCUT2D eigenvalue weighted by molar-refractivity contribution is 6.36. The Hall–Kier alpha value is -2.57. The van der Waals surface area contributed by atoms with Gasteiger partial charge in [0, 0.05) is 5.02 Å². The number of hydrogen-bond acceptors (Lipinski definition) is 3. The Balaban J connectivity index is 1.80. The van der Waals surface area contributed by atoms with Crippen LogP contribution in [0.25, 0.3) is 0 Å². The van der Waals surface area contributed by atoms with E-state index in [1.54, 1.807) is 24.3 Å². The molecule has 2 aromatic rings. The number of benzene rings is 2. The summed E-state index contributed by atoms with van der Waals surface area (Å²) in [5, 5.41) is 6.09. The van der Waals surface area contributed by atoms with Crippen molar-refractivity contribution in [3.63, 3.8) is 0 Å². The number of rotatable bonds is 6. The molecule has 28 heavy (non-hydrogen) atoms. The predicted octanol–water partition coefficient (Wildman–Crippen LogP) is 4.18. The van der Waals surface area contributed by atoms with Crippen LogP contribution in [0.5, 0.6) is 0 Å². The molecule has 3 rings (SSSR count). The zero-order valence-corrected chi connectivity index (χ0v) is 16.7. The van der Waals surface area contributed by atoms with Gasteiger partial charge in [0.2, 0.25) is 5.91 Å². The molecule has 1 aliphatic heterocycles. The van der Waals surface area contributed by atoms with Crippen LogP contribution in [-0.4, -0.2) is 29.3 Å². The summed E-state index contributed by atoms with van der Waals surface area (Å²) in [6.45, 7) is 1.52. The first-order valence-corrected chi connectivity index (χ1v) is 9.57. The molecule has 1 fully saturated rings. The maximum absolute atomic E-state index is 13.1. The van der Waals surface area contributed by atoms with E-state index in [2.05, 4.69) is 10.6 Å². The van der Waals surface area contributed by atoms with E-state index in [0.29, 0.717) is 29.1 Å². The van der Waals surface area contributed by atoms with Gasteiger partial charge in [-0.3, -0.25) is 14.5 Å². The number of anilines is 1. The van der Waals surface area contributed by atoms with Gasteiger partial charge in [0.15, 0.2) is 0 Å². The first-order chi connectivity index (χ1) is 13.4. The molecule has 1 unspecified atom stereocenters. The van der Waals surface area contributed by atoms with Crippen LogP contribution in [-0.2, 0) is 15.1 Å². The molecule has 0 bridgehead atoms. The van der Waals surface area contributed by atoms with E-state index in [4.69, 9.17) is 23.2 Å². The van der Waals surface area contributed by atoms with E-state index in [0.717, 1.165) is 4.90 Å². The largest absolute Gasteiger partial charge is 0.325 e. The van der Waals surface area contributed by atoms with Crippen molar-refractivity contribution in [2.75, 3.05) is 11.9 Å². The zero-order chi connectivity index (χ0) is 20.3. The molecule has 1 heterocycles. The van der Waals surface area contributed by atoms with Gasteiger partial charge in [0.25, 0.3) is 5.91 Å². The van der Waals surface area contributed by atoms with Crippen molar-refractivity contribution in [1.29, 1.82) is 0 Å². The van der Waals surface area contributed by atoms with Crippen LogP contribution in [0.2, 0.25) is 10.0 Å². The average Bonchev–Trinajstić information content (AvgIpc) is 2.90. The van der Waals surface area contributed by atoms with Gasteiger partial charge < -0.3 is 10.6 Å². The molecule has 6 nitrogen and oxygen atoms in total. The highest BCUT2D eigenvalue weighted by atomic mass is 35.5. The third-order valence-corrected chi connectivity index (χ3v) is 5.12. The number of imide groups is 1. The number of halogens is 2. The molecule has 2 aromatic carbocycles. The molecule has 1 atom stereocenters. The topological polar surface area (TPSA) is 78.5 Å². The van der Waals surface area contributed by atoms with Gasteiger partial charge in [-0.25, -0.2) is 4.79 Å². The highest BCUT2D eigenvalue weighted by Gasteiger charge is 2.52. The Morgan fingerprint density at radius 1 is 1.14 bits per heavy atom. The maximum atomic E-state index is 13.1. The summed E-state index contributed by atoms with van der Waals surface area (Å²) in [6.07, 6.45) is 1.12. The predicted molar refractivity (Wildman–Crippen MR) is 108 cm³/mol. The fourth-order valence-corrected chi connectivity index (χ4v) is 3.76. The lowest BCUT2D eigenvalue weighted by Crippen LogP contribution is -2.44. The monoisotopic (exact) mass is 419 g/mol. The fraction of sp³-hybridized carbons (Fsp3) is 0.250. The van der Waals surface area contributed by atoms with E-state index in [-0.39, 0.29) is 5.02 Å². The number of carbonyl (C=O) groups is 3. The van der Waals surface area contributed by atoms with E-state index in [1.807, 2.05) is 25.1 Å². The smallest absolute Gasteiger partial charge is 0.323 e. The Kier molecular flexibility index (Phi) is 5.91. The van der Waals surface area contributed by atoms with Crippen molar-refractivity contribution < 1.29 is 14.4 Å². The number of urea groups is 1. The van der Waals surface area contributed by atoms with Crippen LogP contribution in [0.1, 0.15) is 25.3 Å². The molecule has 0 aliphatic carbocycles. The van der Waals surface area contributed by atoms with Crippen molar-refractivity contribution >= 4 is 46.7 Å². The van der Waals surface area contributed by atoms with Crippen molar-refractivity contribution in [3.8, 4) is 0 Å². The van der Waals surface area contributed by atoms with Gasteiger partial charge in [-0.2, -0.15) is 0 Å². The Bertz CT molecular complexity index is 920. The summed E-state index contributed by atoms with van der Waals surface area (Å²) in [5.74, 6) is -0.976. The van der Waals surface area contributed by atoms with Crippen LogP contribution in [0, 0.1) is 0 Å². The average molecular weight is 420 g/mol. The van der Waals surface area contributed by atoms with Crippen LogP contribution >= 0.6 is 23.2 Å². The number of hydrogen-bond donors (Lipinski definition) is 2. The molecule has 8 heteroatoms.